The molecule has 4 rings (SSSR count). The summed E-state index contributed by atoms with van der Waals surface area (Å²) in [6.07, 6.45) is -8.51. The molecular weight excluding hydrogens is 969 g/mol. The Kier molecular flexibility index (Phi) is 24.4. The first-order chi connectivity index (χ1) is 35.0. The number of phenols is 1. The van der Waals surface area contributed by atoms with Gasteiger partial charge in [-0.3, -0.25) is 33.6 Å². The predicted molar refractivity (Wildman–Crippen MR) is 265 cm³/mol. The number of nitrogens with two attached hydrogens (primary N) is 1. The minimum absolute atomic E-state index is 0.0598. The minimum atomic E-state index is -2.29. The number of hydrogen-bond acceptors (Lipinski definition) is 17. The van der Waals surface area contributed by atoms with Crippen molar-refractivity contribution in [2.45, 2.75) is 203 Å². The summed E-state index contributed by atoms with van der Waals surface area (Å²) >= 11 is 0. The standard InChI is InChI=1S/C50H82N8O16/c1-5-26(2)22-27(3)12-10-8-6-7-9-11-13-37(65)52-32-24-36(64)46(70)56-48(72)41-35(63)19-21-57(41)50(74)39(34(62)18-20-51)54-47(71)40(43(67)42(66)29-14-16-30(60)17-15-29)55-45(69)33-23-31(61)25-58(33)49(73)38(28(4)59)53-44(32)68/h14-17,26-28,31-36,38-43,46,59-64,66-67,70H,5-13,18-25,51H2,1-4H3,(H,52,65)(H,53,68)(H,54,71)(H,55,69)(H,56,72)/t26?,27?,28-,31+,32+,33-,34-,35-,36+,38-,39-,40-,41-,42-,43-,46+/m0/s1. The molecule has 7 amide bonds. The van der Waals surface area contributed by atoms with E-state index in [2.05, 4.69) is 47.4 Å². The largest absolute Gasteiger partial charge is 0.508 e. The lowest BCUT2D eigenvalue weighted by Crippen LogP contribution is -2.64. The summed E-state index contributed by atoms with van der Waals surface area (Å²) in [5.74, 6) is -6.88. The van der Waals surface area contributed by atoms with E-state index in [-0.39, 0.29) is 43.7 Å². The number of unbranched alkanes of at least 4 members (excludes halogenated alkanes) is 5. The highest BCUT2D eigenvalue weighted by Gasteiger charge is 2.49. The first kappa shape index (κ1) is 61.5. The van der Waals surface area contributed by atoms with Gasteiger partial charge in [-0.25, -0.2) is 0 Å². The molecule has 3 aliphatic heterocycles. The van der Waals surface area contributed by atoms with E-state index in [4.69, 9.17) is 5.73 Å². The lowest BCUT2D eigenvalue weighted by atomic mass is 9.91. The van der Waals surface area contributed by atoms with E-state index in [9.17, 15) is 79.5 Å². The number of fused-ring (bicyclic) bond motifs is 2. The zero-order valence-electron chi connectivity index (χ0n) is 42.9. The van der Waals surface area contributed by atoms with E-state index in [1.54, 1.807) is 0 Å². The van der Waals surface area contributed by atoms with E-state index < -0.39 is 146 Å². The van der Waals surface area contributed by atoms with Gasteiger partial charge >= 0.3 is 0 Å². The van der Waals surface area contributed by atoms with Gasteiger partial charge in [0.05, 0.1) is 24.4 Å². The number of aliphatic hydroxyl groups excluding tert-OH is 8. The fourth-order valence-corrected chi connectivity index (χ4v) is 9.81. The van der Waals surface area contributed by atoms with E-state index in [1.807, 2.05) is 0 Å². The fourth-order valence-electron chi connectivity index (χ4n) is 9.81. The summed E-state index contributed by atoms with van der Waals surface area (Å²) < 4.78 is 0. The first-order valence-corrected chi connectivity index (χ1v) is 26.0. The molecule has 16 N–H and O–H groups in total. The van der Waals surface area contributed by atoms with Crippen LogP contribution < -0.4 is 32.3 Å². The highest BCUT2D eigenvalue weighted by molar-refractivity contribution is 5.98. The second-order valence-corrected chi connectivity index (χ2v) is 20.5. The third-order valence-electron chi connectivity index (χ3n) is 14.4. The molecule has 24 heteroatoms. The average molecular weight is 1050 g/mol. The number of nitrogens with one attached hydrogen (secondary N) is 5. The molecule has 0 saturated carbocycles. The molecule has 1 aromatic rings. The van der Waals surface area contributed by atoms with Crippen LogP contribution >= 0.6 is 0 Å². The first-order valence-electron chi connectivity index (χ1n) is 26.0. The van der Waals surface area contributed by atoms with E-state index in [1.165, 1.54) is 18.6 Å². The van der Waals surface area contributed by atoms with Gasteiger partial charge in [0.15, 0.2) is 6.23 Å². The molecule has 3 saturated heterocycles. The number of carbonyl (C=O) groups is 7. The Balaban J connectivity index is 1.68. The number of benzene rings is 1. The van der Waals surface area contributed by atoms with Crippen LogP contribution in [0, 0.1) is 11.8 Å². The van der Waals surface area contributed by atoms with Crippen molar-refractivity contribution in [2.75, 3.05) is 19.6 Å². The van der Waals surface area contributed by atoms with Crippen LogP contribution in [0.25, 0.3) is 0 Å². The molecule has 1 aromatic carbocycles. The lowest BCUT2D eigenvalue weighted by molar-refractivity contribution is -0.149. The zero-order valence-corrected chi connectivity index (χ0v) is 42.9. The Labute approximate surface area is 431 Å². The molecule has 3 aliphatic rings. The molecule has 74 heavy (non-hydrogen) atoms. The quantitative estimate of drug-likeness (QED) is 0.0584. The number of aliphatic hydroxyl groups is 8. The van der Waals surface area contributed by atoms with Crippen molar-refractivity contribution in [3.8, 4) is 5.75 Å². The Hall–Kier alpha value is -5.05. The van der Waals surface area contributed by atoms with Crippen molar-refractivity contribution in [2.24, 2.45) is 17.6 Å². The number of rotatable bonds is 20. The maximum absolute atomic E-state index is 14.4. The van der Waals surface area contributed by atoms with Crippen LogP contribution in [0.15, 0.2) is 24.3 Å². The van der Waals surface area contributed by atoms with E-state index >= 15 is 0 Å². The SMILES string of the molecule is CCC(C)CC(C)CCCCCCCCC(=O)N[C@@H]1C[C@@H](O)[C@@H](O)NC(=O)[C@@H]2[C@@H](O)CCN2C(=O)[C@H]([C@@H](O)CCN)NC(=O)[C@H]([C@H](O)[C@@H](O)c2ccc(O)cc2)NC(=O)[C@@H]2C[C@@H](O)CN2C(=O)[C@H]([C@H](C)O)NC1=O. The van der Waals surface area contributed by atoms with Crippen molar-refractivity contribution in [1.82, 2.24) is 36.4 Å². The molecule has 418 valence electrons. The maximum Gasteiger partial charge on any atom is 0.248 e. The minimum Gasteiger partial charge on any atom is -0.508 e. The molecule has 24 nitrogen and oxygen atoms in total. The highest BCUT2D eigenvalue weighted by atomic mass is 16.3. The molecule has 0 radical (unpaired) electrons. The van der Waals surface area contributed by atoms with Crippen molar-refractivity contribution in [3.63, 3.8) is 0 Å². The van der Waals surface area contributed by atoms with Crippen molar-refractivity contribution in [1.29, 1.82) is 0 Å². The molecule has 16 atom stereocenters. The molecular formula is C50H82N8O16. The van der Waals surface area contributed by atoms with Crippen molar-refractivity contribution < 1.29 is 79.5 Å². The van der Waals surface area contributed by atoms with Gasteiger partial charge in [0.2, 0.25) is 41.4 Å². The van der Waals surface area contributed by atoms with Gasteiger partial charge in [-0.05, 0) is 68.7 Å². The summed E-state index contributed by atoms with van der Waals surface area (Å²) in [5.41, 5.74) is 5.63. The Morgan fingerprint density at radius 3 is 1.96 bits per heavy atom. The Morgan fingerprint density at radius 2 is 1.32 bits per heavy atom. The molecule has 0 aliphatic carbocycles. The Morgan fingerprint density at radius 1 is 0.716 bits per heavy atom. The summed E-state index contributed by atoms with van der Waals surface area (Å²) in [5, 5.41) is 111. The molecule has 0 bridgehead atoms. The van der Waals surface area contributed by atoms with Crippen LogP contribution in [0.4, 0.5) is 0 Å². The monoisotopic (exact) mass is 1050 g/mol. The van der Waals surface area contributed by atoms with Crippen LogP contribution in [-0.2, 0) is 33.6 Å². The van der Waals surface area contributed by atoms with Gasteiger partial charge in [0.1, 0.15) is 60.3 Å². The number of hydrogen-bond donors (Lipinski definition) is 15. The Bertz CT molecular complexity index is 2020. The normalized spacial score (nSPS) is 29.3. The predicted octanol–water partition coefficient (Wildman–Crippen LogP) is -2.87. The number of phenolic OH excluding ortho intramolecular Hbond substituents is 1. The molecule has 3 fully saturated rings. The molecule has 0 spiro atoms. The van der Waals surface area contributed by atoms with Gasteiger partial charge in [0.25, 0.3) is 0 Å². The number of nitrogens with zero attached hydrogens (tertiary/aromatic N) is 2. The molecule has 0 aromatic heterocycles. The van der Waals surface area contributed by atoms with Crippen molar-refractivity contribution >= 4 is 41.4 Å². The van der Waals surface area contributed by atoms with Crippen LogP contribution in [0.1, 0.15) is 129 Å². The maximum atomic E-state index is 14.4. The van der Waals surface area contributed by atoms with Gasteiger partial charge in [0, 0.05) is 32.4 Å². The zero-order chi connectivity index (χ0) is 55.0. The van der Waals surface area contributed by atoms with E-state index in [0.717, 1.165) is 67.4 Å². The van der Waals surface area contributed by atoms with Gasteiger partial charge in [-0.15, -0.1) is 0 Å². The van der Waals surface area contributed by atoms with Gasteiger partial charge < -0.3 is 88.1 Å². The van der Waals surface area contributed by atoms with Crippen LogP contribution in [0.5, 0.6) is 5.75 Å². The fraction of sp³-hybridized carbons (Fsp3) is 0.740. The summed E-state index contributed by atoms with van der Waals surface area (Å²) in [6, 6.07) is -6.71. The highest BCUT2D eigenvalue weighted by Crippen LogP contribution is 2.27. The molecule has 2 unspecified atom stereocenters. The smallest absolute Gasteiger partial charge is 0.248 e. The second kappa shape index (κ2) is 29.3. The topological polar surface area (TPSA) is 394 Å². The number of carbonyl (C=O) groups excluding carboxylic acids is 7. The molecule has 3 heterocycles. The van der Waals surface area contributed by atoms with Crippen LogP contribution in [0.3, 0.4) is 0 Å². The summed E-state index contributed by atoms with van der Waals surface area (Å²) in [6.45, 7) is 6.67. The lowest BCUT2D eigenvalue weighted by Gasteiger charge is -2.34. The van der Waals surface area contributed by atoms with Gasteiger partial charge in [-0.1, -0.05) is 77.8 Å². The number of amides is 7. The third-order valence-corrected chi connectivity index (χ3v) is 14.4. The van der Waals surface area contributed by atoms with E-state index in [0.29, 0.717) is 24.7 Å². The van der Waals surface area contributed by atoms with Crippen molar-refractivity contribution in [3.05, 3.63) is 29.8 Å². The average Bonchev–Trinajstić information content (AvgIpc) is 3.95. The van der Waals surface area contributed by atoms with Crippen LogP contribution in [0.2, 0.25) is 0 Å². The van der Waals surface area contributed by atoms with Crippen LogP contribution in [-0.4, -0.2) is 196 Å². The number of aromatic hydroxyl groups is 1. The van der Waals surface area contributed by atoms with Gasteiger partial charge in [-0.2, -0.15) is 0 Å². The summed E-state index contributed by atoms with van der Waals surface area (Å²) in [7, 11) is 0. The summed E-state index contributed by atoms with van der Waals surface area (Å²) in [4.78, 5) is 100. The second-order valence-electron chi connectivity index (χ2n) is 20.5. The third kappa shape index (κ3) is 17.2.